The van der Waals surface area contributed by atoms with Crippen LogP contribution >= 0.6 is 11.3 Å². The van der Waals surface area contributed by atoms with Crippen molar-refractivity contribution in [3.63, 3.8) is 0 Å². The number of fused-ring (bicyclic) bond motifs is 3. The molecular weight excluding hydrogens is 392 g/mol. The number of carbonyl (C=O) groups excluding carboxylic acids is 3. The number of rotatable bonds is 5. The van der Waals surface area contributed by atoms with Crippen LogP contribution in [0.4, 0.5) is 4.79 Å². The molecule has 8 heteroatoms. The van der Waals surface area contributed by atoms with Crippen LogP contribution in [0.3, 0.4) is 0 Å². The van der Waals surface area contributed by atoms with Crippen LogP contribution in [0.15, 0.2) is 53.1 Å². The number of carbonyl (C=O) groups is 3. The first-order valence-corrected chi connectivity index (χ1v) is 9.90. The van der Waals surface area contributed by atoms with Gasteiger partial charge in [0.1, 0.15) is 10.6 Å². The van der Waals surface area contributed by atoms with Crippen molar-refractivity contribution in [1.82, 2.24) is 10.6 Å². The van der Waals surface area contributed by atoms with Gasteiger partial charge in [0.2, 0.25) is 0 Å². The summed E-state index contributed by atoms with van der Waals surface area (Å²) in [6.45, 7) is -0.389. The number of hydrogen-bond donors (Lipinski definition) is 2. The van der Waals surface area contributed by atoms with E-state index < -0.39 is 24.5 Å². The minimum Gasteiger partial charge on any atom is -0.467 e. The highest BCUT2D eigenvalue weighted by Crippen LogP contribution is 2.39. The van der Waals surface area contributed by atoms with Crippen molar-refractivity contribution in [2.75, 3.05) is 6.61 Å². The van der Waals surface area contributed by atoms with Crippen molar-refractivity contribution in [2.24, 2.45) is 0 Å². The van der Waals surface area contributed by atoms with Crippen molar-refractivity contribution in [1.29, 1.82) is 0 Å². The van der Waals surface area contributed by atoms with Crippen LogP contribution in [0, 0.1) is 0 Å². The maximum Gasteiger partial charge on any atom is 0.348 e. The number of urea groups is 1. The lowest BCUT2D eigenvalue weighted by Gasteiger charge is -2.15. The van der Waals surface area contributed by atoms with Crippen molar-refractivity contribution in [3.8, 4) is 10.4 Å². The molecule has 1 aliphatic carbocycles. The second-order valence-electron chi connectivity index (χ2n) is 6.51. The first-order valence-electron chi connectivity index (χ1n) is 9.08. The van der Waals surface area contributed by atoms with E-state index in [0.29, 0.717) is 10.6 Å². The molecule has 2 aromatic heterocycles. The highest BCUT2D eigenvalue weighted by molar-refractivity contribution is 7.17. The van der Waals surface area contributed by atoms with E-state index in [1.807, 2.05) is 24.3 Å². The lowest BCUT2D eigenvalue weighted by molar-refractivity contribution is -0.123. The van der Waals surface area contributed by atoms with Gasteiger partial charge in [-0.15, -0.1) is 11.3 Å². The maximum absolute atomic E-state index is 12.3. The molecule has 0 bridgehead atoms. The fraction of sp³-hybridized carbons (Fsp3) is 0.190. The van der Waals surface area contributed by atoms with Gasteiger partial charge in [0.25, 0.3) is 5.91 Å². The molecule has 0 radical (unpaired) electrons. The van der Waals surface area contributed by atoms with Gasteiger partial charge in [-0.2, -0.15) is 0 Å². The van der Waals surface area contributed by atoms with Crippen LogP contribution in [-0.4, -0.2) is 24.5 Å². The van der Waals surface area contributed by atoms with Gasteiger partial charge < -0.3 is 14.5 Å². The maximum atomic E-state index is 12.3. The zero-order valence-electron chi connectivity index (χ0n) is 15.4. The summed E-state index contributed by atoms with van der Waals surface area (Å²) in [7, 11) is 0. The number of aryl methyl sites for hydroxylation is 2. The van der Waals surface area contributed by atoms with E-state index in [4.69, 9.17) is 9.15 Å². The van der Waals surface area contributed by atoms with Gasteiger partial charge in [0.15, 0.2) is 6.61 Å². The van der Waals surface area contributed by atoms with E-state index in [-0.39, 0.29) is 6.54 Å². The molecule has 0 unspecified atom stereocenters. The molecule has 0 atom stereocenters. The number of thiophene rings is 1. The normalized spacial score (nSPS) is 11.9. The molecule has 1 aromatic carbocycles. The first kappa shape index (κ1) is 18.9. The SMILES string of the molecule is O=C(COC(=O)c1cc2c(s1)-c1ccccc1CC2)NC(=O)NCc1ccco1. The molecule has 3 amide bonds. The quantitative estimate of drug-likeness (QED) is 0.629. The Labute approximate surface area is 170 Å². The van der Waals surface area contributed by atoms with Crippen molar-refractivity contribution < 1.29 is 23.5 Å². The average molecular weight is 410 g/mol. The number of benzene rings is 1. The minimum absolute atomic E-state index is 0.147. The number of hydrogen-bond acceptors (Lipinski definition) is 6. The van der Waals surface area contributed by atoms with Crippen molar-refractivity contribution in [3.05, 3.63) is 70.5 Å². The van der Waals surface area contributed by atoms with E-state index in [9.17, 15) is 14.4 Å². The van der Waals surface area contributed by atoms with Crippen LogP contribution in [-0.2, 0) is 28.9 Å². The van der Waals surface area contributed by atoms with Gasteiger partial charge in [-0.3, -0.25) is 10.1 Å². The Bertz CT molecular complexity index is 1050. The summed E-state index contributed by atoms with van der Waals surface area (Å²) in [4.78, 5) is 37.4. The van der Waals surface area contributed by atoms with Crippen LogP contribution < -0.4 is 10.6 Å². The van der Waals surface area contributed by atoms with Crippen molar-refractivity contribution >= 4 is 29.2 Å². The standard InChI is InChI=1S/C21H18N2O5S/c24-18(23-21(26)22-11-15-5-3-9-27-15)12-28-20(25)17-10-14-8-7-13-4-1-2-6-16(13)19(14)29-17/h1-6,9-10H,7-8,11-12H2,(H2,22,23,24,26). The van der Waals surface area contributed by atoms with Gasteiger partial charge in [0.05, 0.1) is 12.8 Å². The zero-order chi connectivity index (χ0) is 20.2. The molecule has 4 rings (SSSR count). The molecule has 0 spiro atoms. The Morgan fingerprint density at radius 2 is 1.90 bits per heavy atom. The lowest BCUT2D eigenvalue weighted by atomic mass is 9.91. The second-order valence-corrected chi connectivity index (χ2v) is 7.56. The highest BCUT2D eigenvalue weighted by Gasteiger charge is 2.22. The summed E-state index contributed by atoms with van der Waals surface area (Å²) in [5.74, 6) is -0.725. The van der Waals surface area contributed by atoms with E-state index in [1.165, 1.54) is 23.2 Å². The zero-order valence-corrected chi connectivity index (χ0v) is 16.2. The van der Waals surface area contributed by atoms with E-state index in [1.54, 1.807) is 12.1 Å². The van der Waals surface area contributed by atoms with E-state index >= 15 is 0 Å². The lowest BCUT2D eigenvalue weighted by Crippen LogP contribution is -2.41. The number of nitrogens with one attached hydrogen (secondary N) is 2. The number of esters is 1. The number of imide groups is 1. The van der Waals surface area contributed by atoms with Gasteiger partial charge in [0, 0.05) is 4.88 Å². The van der Waals surface area contributed by atoms with Crippen LogP contribution in [0.5, 0.6) is 0 Å². The Morgan fingerprint density at radius 1 is 1.07 bits per heavy atom. The largest absolute Gasteiger partial charge is 0.467 e. The van der Waals surface area contributed by atoms with Crippen LogP contribution in [0.1, 0.15) is 26.6 Å². The van der Waals surface area contributed by atoms with Crippen molar-refractivity contribution in [2.45, 2.75) is 19.4 Å². The minimum atomic E-state index is -0.707. The third-order valence-corrected chi connectivity index (χ3v) is 5.72. The molecule has 29 heavy (non-hydrogen) atoms. The fourth-order valence-corrected chi connectivity index (χ4v) is 4.33. The summed E-state index contributed by atoms with van der Waals surface area (Å²) >= 11 is 1.36. The van der Waals surface area contributed by atoms with E-state index in [0.717, 1.165) is 28.8 Å². The molecule has 1 aliphatic rings. The molecule has 7 nitrogen and oxygen atoms in total. The number of furan rings is 1. The predicted molar refractivity (Wildman–Crippen MR) is 107 cm³/mol. The highest BCUT2D eigenvalue weighted by atomic mass is 32.1. The summed E-state index contributed by atoms with van der Waals surface area (Å²) in [5, 5.41) is 4.58. The third kappa shape index (κ3) is 4.38. The fourth-order valence-electron chi connectivity index (χ4n) is 3.16. The van der Waals surface area contributed by atoms with Gasteiger partial charge in [-0.1, -0.05) is 24.3 Å². The predicted octanol–water partition coefficient (Wildman–Crippen LogP) is 3.29. The molecule has 2 N–H and O–H groups in total. The van der Waals surface area contributed by atoms with Gasteiger partial charge >= 0.3 is 12.0 Å². The van der Waals surface area contributed by atoms with Crippen LogP contribution in [0.2, 0.25) is 0 Å². The summed E-state index contributed by atoms with van der Waals surface area (Å²) in [5.41, 5.74) is 3.52. The Balaban J connectivity index is 1.30. The number of ether oxygens (including phenoxy) is 1. The number of amides is 3. The Hall–Kier alpha value is -3.39. The Kier molecular flexibility index (Phi) is 5.44. The van der Waals surface area contributed by atoms with Gasteiger partial charge in [-0.25, -0.2) is 9.59 Å². The van der Waals surface area contributed by atoms with Gasteiger partial charge in [-0.05, 0) is 47.7 Å². The average Bonchev–Trinajstić information content (AvgIpc) is 3.40. The summed E-state index contributed by atoms with van der Waals surface area (Å²) in [6.07, 6.45) is 3.29. The topological polar surface area (TPSA) is 97.6 Å². The molecule has 3 aromatic rings. The molecule has 0 saturated carbocycles. The smallest absolute Gasteiger partial charge is 0.348 e. The molecule has 0 saturated heterocycles. The molecule has 2 heterocycles. The molecular formula is C21H18N2O5S. The van der Waals surface area contributed by atoms with Crippen LogP contribution in [0.25, 0.3) is 10.4 Å². The third-order valence-electron chi connectivity index (χ3n) is 4.53. The summed E-state index contributed by atoms with van der Waals surface area (Å²) < 4.78 is 10.1. The molecule has 148 valence electrons. The summed E-state index contributed by atoms with van der Waals surface area (Å²) in [6, 6.07) is 12.7. The molecule has 0 aliphatic heterocycles. The first-order chi connectivity index (χ1) is 14.1. The Morgan fingerprint density at radius 3 is 2.72 bits per heavy atom. The van der Waals surface area contributed by atoms with E-state index in [2.05, 4.69) is 16.7 Å². The monoisotopic (exact) mass is 410 g/mol. The second kappa shape index (κ2) is 8.32. The molecule has 0 fully saturated rings.